The molecule has 29 heavy (non-hydrogen) atoms. The van der Waals surface area contributed by atoms with Crippen LogP contribution in [0.3, 0.4) is 0 Å². The van der Waals surface area contributed by atoms with Gasteiger partial charge in [0.05, 0.1) is 16.8 Å². The predicted molar refractivity (Wildman–Crippen MR) is 113 cm³/mol. The highest BCUT2D eigenvalue weighted by molar-refractivity contribution is 7.22. The zero-order valence-corrected chi connectivity index (χ0v) is 16.6. The zero-order chi connectivity index (χ0) is 20.2. The standard InChI is InChI=1S/C22H19N3O3S/c1-15-7-5-11-18-20(15)24-22(29-18)25(13-16-8-3-2-4-9-16)19(26)14-28-21(27)17-10-6-12-23-17/h2-12,23H,13-14H2,1H3. The van der Waals surface area contributed by atoms with Crippen LogP contribution in [0.2, 0.25) is 0 Å². The van der Waals surface area contributed by atoms with Gasteiger partial charge in [0.15, 0.2) is 11.7 Å². The lowest BCUT2D eigenvalue weighted by molar-refractivity contribution is -0.121. The Morgan fingerprint density at radius 1 is 1.07 bits per heavy atom. The third-order valence-corrected chi connectivity index (χ3v) is 5.51. The summed E-state index contributed by atoms with van der Waals surface area (Å²) in [5.41, 5.74) is 3.20. The molecule has 6 nitrogen and oxygen atoms in total. The molecular formula is C22H19N3O3S. The minimum atomic E-state index is -0.567. The largest absolute Gasteiger partial charge is 0.451 e. The van der Waals surface area contributed by atoms with Gasteiger partial charge in [0.2, 0.25) is 0 Å². The molecule has 0 aliphatic heterocycles. The molecule has 1 N–H and O–H groups in total. The summed E-state index contributed by atoms with van der Waals surface area (Å²) < 4.78 is 6.21. The quantitative estimate of drug-likeness (QED) is 0.485. The molecule has 4 rings (SSSR count). The van der Waals surface area contributed by atoms with Crippen LogP contribution in [0.5, 0.6) is 0 Å². The Morgan fingerprint density at radius 2 is 1.90 bits per heavy atom. The van der Waals surface area contributed by atoms with Gasteiger partial charge in [-0.2, -0.15) is 0 Å². The summed E-state index contributed by atoms with van der Waals surface area (Å²) in [6.07, 6.45) is 1.63. The van der Waals surface area contributed by atoms with Crippen molar-refractivity contribution in [3.8, 4) is 0 Å². The number of nitrogens with zero attached hydrogens (tertiary/aromatic N) is 2. The number of carbonyl (C=O) groups is 2. The first-order valence-electron chi connectivity index (χ1n) is 9.13. The van der Waals surface area contributed by atoms with Gasteiger partial charge in [0.1, 0.15) is 5.69 Å². The maximum atomic E-state index is 13.0. The van der Waals surface area contributed by atoms with Crippen LogP contribution < -0.4 is 4.90 Å². The number of esters is 1. The molecule has 0 unspecified atom stereocenters. The smallest absolute Gasteiger partial charge is 0.355 e. The van der Waals surface area contributed by atoms with Crippen LogP contribution in [0.25, 0.3) is 10.2 Å². The number of hydrogen-bond donors (Lipinski definition) is 1. The van der Waals surface area contributed by atoms with Crippen molar-refractivity contribution >= 4 is 38.6 Å². The number of thiazole rings is 1. The van der Waals surface area contributed by atoms with E-state index in [-0.39, 0.29) is 12.5 Å². The molecule has 0 radical (unpaired) electrons. The number of hydrogen-bond acceptors (Lipinski definition) is 5. The number of anilines is 1. The van der Waals surface area contributed by atoms with Crippen molar-refractivity contribution in [1.29, 1.82) is 0 Å². The highest BCUT2D eigenvalue weighted by atomic mass is 32.1. The summed E-state index contributed by atoms with van der Waals surface area (Å²) in [5, 5.41) is 0.582. The maximum absolute atomic E-state index is 13.0. The van der Waals surface area contributed by atoms with Gasteiger partial charge < -0.3 is 9.72 Å². The van der Waals surface area contributed by atoms with Gasteiger partial charge in [0.25, 0.3) is 5.91 Å². The third kappa shape index (κ3) is 4.20. The molecule has 0 atom stereocenters. The Hall–Kier alpha value is -3.45. The fourth-order valence-corrected chi connectivity index (χ4v) is 4.02. The van der Waals surface area contributed by atoms with Crippen molar-refractivity contribution in [1.82, 2.24) is 9.97 Å². The first-order valence-corrected chi connectivity index (χ1v) is 9.94. The summed E-state index contributed by atoms with van der Waals surface area (Å²) in [4.78, 5) is 34.1. The molecule has 2 heterocycles. The van der Waals surface area contributed by atoms with E-state index >= 15 is 0 Å². The number of para-hydroxylation sites is 1. The Balaban J connectivity index is 1.59. The molecule has 1 amide bonds. The van der Waals surface area contributed by atoms with Gasteiger partial charge in [-0.25, -0.2) is 9.78 Å². The minimum absolute atomic E-state index is 0.308. The number of aromatic nitrogens is 2. The second-order valence-electron chi connectivity index (χ2n) is 6.54. The Morgan fingerprint density at radius 3 is 2.62 bits per heavy atom. The number of rotatable bonds is 6. The van der Waals surface area contributed by atoms with Crippen molar-refractivity contribution in [3.63, 3.8) is 0 Å². The van der Waals surface area contributed by atoms with E-state index < -0.39 is 5.97 Å². The van der Waals surface area contributed by atoms with E-state index in [1.807, 2.05) is 55.5 Å². The molecule has 2 aromatic carbocycles. The molecule has 7 heteroatoms. The van der Waals surface area contributed by atoms with Crippen LogP contribution >= 0.6 is 11.3 Å². The van der Waals surface area contributed by atoms with E-state index in [9.17, 15) is 9.59 Å². The zero-order valence-electron chi connectivity index (χ0n) is 15.8. The average Bonchev–Trinajstić information content (AvgIpc) is 3.41. The number of aromatic amines is 1. The van der Waals surface area contributed by atoms with Crippen molar-refractivity contribution in [3.05, 3.63) is 83.7 Å². The van der Waals surface area contributed by atoms with Crippen LogP contribution in [0.15, 0.2) is 66.9 Å². The molecule has 0 fully saturated rings. The average molecular weight is 405 g/mol. The highest BCUT2D eigenvalue weighted by Gasteiger charge is 2.22. The van der Waals surface area contributed by atoms with E-state index in [0.717, 1.165) is 21.3 Å². The van der Waals surface area contributed by atoms with Crippen LogP contribution in [-0.2, 0) is 16.1 Å². The lowest BCUT2D eigenvalue weighted by atomic mass is 10.2. The predicted octanol–water partition coefficient (Wildman–Crippen LogP) is 4.32. The summed E-state index contributed by atoms with van der Waals surface area (Å²) in [6.45, 7) is 1.98. The topological polar surface area (TPSA) is 75.3 Å². The van der Waals surface area contributed by atoms with E-state index in [1.165, 1.54) is 11.3 Å². The number of H-pyrrole nitrogens is 1. The van der Waals surface area contributed by atoms with Gasteiger partial charge in [-0.1, -0.05) is 53.8 Å². The van der Waals surface area contributed by atoms with Crippen molar-refractivity contribution in [2.24, 2.45) is 0 Å². The first-order chi connectivity index (χ1) is 14.1. The Kier molecular flexibility index (Phi) is 5.39. The van der Waals surface area contributed by atoms with Crippen LogP contribution in [0.4, 0.5) is 5.13 Å². The number of amides is 1. The molecule has 4 aromatic rings. The monoisotopic (exact) mass is 405 g/mol. The summed E-state index contributed by atoms with van der Waals surface area (Å²) in [5.74, 6) is -0.895. The molecule has 0 aliphatic carbocycles. The molecule has 0 aliphatic rings. The molecule has 146 valence electrons. The van der Waals surface area contributed by atoms with E-state index in [4.69, 9.17) is 4.74 Å². The second-order valence-corrected chi connectivity index (χ2v) is 7.55. The SMILES string of the molecule is Cc1cccc2sc(N(Cc3ccccc3)C(=O)COC(=O)c3ccc[nH]3)nc12. The van der Waals surface area contributed by atoms with Crippen molar-refractivity contribution in [2.45, 2.75) is 13.5 Å². The number of fused-ring (bicyclic) bond motifs is 1. The second kappa shape index (κ2) is 8.28. The molecule has 0 spiro atoms. The molecular weight excluding hydrogens is 386 g/mol. The lowest BCUT2D eigenvalue weighted by Crippen LogP contribution is -2.34. The normalized spacial score (nSPS) is 10.8. The number of ether oxygens (including phenoxy) is 1. The first kappa shape index (κ1) is 18.9. The number of carbonyl (C=O) groups excluding carboxylic acids is 2. The summed E-state index contributed by atoms with van der Waals surface area (Å²) >= 11 is 1.45. The van der Waals surface area contributed by atoms with Crippen LogP contribution in [0, 0.1) is 6.92 Å². The fraction of sp³-hybridized carbons (Fsp3) is 0.136. The molecule has 2 aromatic heterocycles. The maximum Gasteiger partial charge on any atom is 0.355 e. The van der Waals surface area contributed by atoms with Crippen molar-refractivity contribution in [2.75, 3.05) is 11.5 Å². The number of nitrogens with one attached hydrogen (secondary N) is 1. The summed E-state index contributed by atoms with van der Waals surface area (Å²) in [7, 11) is 0. The number of benzene rings is 2. The summed E-state index contributed by atoms with van der Waals surface area (Å²) in [6, 6.07) is 18.9. The van der Waals surface area contributed by atoms with Gasteiger partial charge in [-0.3, -0.25) is 9.69 Å². The van der Waals surface area contributed by atoms with Gasteiger partial charge >= 0.3 is 5.97 Å². The molecule has 0 saturated carbocycles. The van der Waals surface area contributed by atoms with E-state index in [0.29, 0.717) is 17.4 Å². The number of aryl methyl sites for hydroxylation is 1. The van der Waals surface area contributed by atoms with Gasteiger partial charge in [-0.05, 0) is 36.2 Å². The molecule has 0 bridgehead atoms. The van der Waals surface area contributed by atoms with Crippen LogP contribution in [-0.4, -0.2) is 28.5 Å². The Bertz CT molecular complexity index is 1140. The van der Waals surface area contributed by atoms with Crippen molar-refractivity contribution < 1.29 is 14.3 Å². The molecule has 0 saturated heterocycles. The van der Waals surface area contributed by atoms with Gasteiger partial charge in [-0.15, -0.1) is 0 Å². The van der Waals surface area contributed by atoms with Gasteiger partial charge in [0, 0.05) is 6.20 Å². The minimum Gasteiger partial charge on any atom is -0.451 e. The highest BCUT2D eigenvalue weighted by Crippen LogP contribution is 2.31. The van der Waals surface area contributed by atoms with E-state index in [2.05, 4.69) is 9.97 Å². The van der Waals surface area contributed by atoms with E-state index in [1.54, 1.807) is 23.2 Å². The van der Waals surface area contributed by atoms with Crippen LogP contribution in [0.1, 0.15) is 21.6 Å². The fourth-order valence-electron chi connectivity index (χ4n) is 2.96. The lowest BCUT2D eigenvalue weighted by Gasteiger charge is -2.20. The third-order valence-electron chi connectivity index (χ3n) is 4.47. The Labute approximate surface area is 171 Å².